The average molecular weight is 384 g/mol. The van der Waals surface area contributed by atoms with Crippen LogP contribution in [0.4, 0.5) is 4.39 Å². The molecular formula is C14H21BrClFN2O2. The first-order valence-electron chi connectivity index (χ1n) is 6.63. The molecule has 0 bridgehead atoms. The van der Waals surface area contributed by atoms with Gasteiger partial charge in [0.2, 0.25) is 0 Å². The maximum absolute atomic E-state index is 13.6. The molecular weight excluding hydrogens is 363 g/mol. The lowest BCUT2D eigenvalue weighted by Gasteiger charge is -2.34. The minimum atomic E-state index is -0.443. The van der Waals surface area contributed by atoms with E-state index in [0.717, 1.165) is 36.2 Å². The van der Waals surface area contributed by atoms with Crippen LogP contribution in [0.25, 0.3) is 0 Å². The highest BCUT2D eigenvalue weighted by Crippen LogP contribution is 2.38. The zero-order valence-corrected chi connectivity index (χ0v) is 14.6. The third-order valence-corrected chi connectivity index (χ3v) is 4.22. The van der Waals surface area contributed by atoms with Crippen molar-refractivity contribution in [1.29, 1.82) is 0 Å². The van der Waals surface area contributed by atoms with E-state index >= 15 is 0 Å². The molecule has 0 radical (unpaired) electrons. The largest absolute Gasteiger partial charge is 0.496 e. The van der Waals surface area contributed by atoms with Gasteiger partial charge in [-0.05, 0) is 28.1 Å². The van der Waals surface area contributed by atoms with Crippen molar-refractivity contribution in [2.75, 3.05) is 47.1 Å². The molecule has 1 saturated heterocycles. The summed E-state index contributed by atoms with van der Waals surface area (Å²) in [6.07, 6.45) is 0. The third-order valence-electron chi connectivity index (χ3n) is 3.60. The molecule has 120 valence electrons. The van der Waals surface area contributed by atoms with Crippen LogP contribution in [0, 0.1) is 0 Å². The van der Waals surface area contributed by atoms with Gasteiger partial charge in [-0.3, -0.25) is 4.90 Å². The van der Waals surface area contributed by atoms with Gasteiger partial charge < -0.3 is 14.8 Å². The van der Waals surface area contributed by atoms with Crippen molar-refractivity contribution < 1.29 is 13.9 Å². The van der Waals surface area contributed by atoms with Crippen LogP contribution in [-0.4, -0.2) is 52.0 Å². The number of methoxy groups -OCH3 is 2. The Bertz CT molecular complexity index is 459. The molecule has 21 heavy (non-hydrogen) atoms. The van der Waals surface area contributed by atoms with Crippen LogP contribution < -0.4 is 14.8 Å². The molecule has 2 rings (SSSR count). The van der Waals surface area contributed by atoms with Gasteiger partial charge in [-0.1, -0.05) is 0 Å². The normalized spacial score (nSPS) is 17.0. The van der Waals surface area contributed by atoms with Crippen LogP contribution in [0.1, 0.15) is 11.6 Å². The van der Waals surface area contributed by atoms with Crippen molar-refractivity contribution in [1.82, 2.24) is 10.2 Å². The summed E-state index contributed by atoms with van der Waals surface area (Å²) < 4.78 is 25.1. The first-order valence-corrected chi connectivity index (χ1v) is 7.42. The average Bonchev–Trinajstić information content (AvgIpc) is 2.50. The Kier molecular flexibility index (Phi) is 7.73. The van der Waals surface area contributed by atoms with Gasteiger partial charge in [-0.25, -0.2) is 4.39 Å². The number of hydrogen-bond acceptors (Lipinski definition) is 4. The zero-order chi connectivity index (χ0) is 14.5. The smallest absolute Gasteiger partial charge is 0.133 e. The number of nitrogens with zero attached hydrogens (tertiary/aromatic N) is 1. The second-order valence-electron chi connectivity index (χ2n) is 4.68. The minimum Gasteiger partial charge on any atom is -0.496 e. The monoisotopic (exact) mass is 382 g/mol. The fourth-order valence-electron chi connectivity index (χ4n) is 2.52. The van der Waals surface area contributed by atoms with E-state index in [1.807, 2.05) is 12.1 Å². The van der Waals surface area contributed by atoms with Crippen molar-refractivity contribution >= 4 is 28.3 Å². The number of ether oxygens (including phenoxy) is 2. The van der Waals surface area contributed by atoms with Crippen molar-refractivity contribution in [3.05, 3.63) is 22.2 Å². The van der Waals surface area contributed by atoms with Crippen LogP contribution >= 0.6 is 28.3 Å². The van der Waals surface area contributed by atoms with Crippen molar-refractivity contribution in [3.8, 4) is 11.5 Å². The predicted molar refractivity (Wildman–Crippen MR) is 87.7 cm³/mol. The molecule has 0 unspecified atom stereocenters. The Morgan fingerprint density at radius 1 is 1.24 bits per heavy atom. The number of piperazine rings is 1. The van der Waals surface area contributed by atoms with Crippen molar-refractivity contribution in [3.63, 3.8) is 0 Å². The van der Waals surface area contributed by atoms with Crippen LogP contribution in [0.15, 0.2) is 16.6 Å². The molecule has 0 aliphatic carbocycles. The Hall–Kier alpha value is -0.560. The van der Waals surface area contributed by atoms with Crippen LogP contribution in [-0.2, 0) is 0 Å². The van der Waals surface area contributed by atoms with Gasteiger partial charge in [0.15, 0.2) is 0 Å². The highest BCUT2D eigenvalue weighted by Gasteiger charge is 2.26. The Balaban J connectivity index is 0.00000220. The molecule has 1 heterocycles. The van der Waals surface area contributed by atoms with Crippen molar-refractivity contribution in [2.24, 2.45) is 0 Å². The zero-order valence-electron chi connectivity index (χ0n) is 12.2. The molecule has 1 aliphatic heterocycles. The molecule has 1 fully saturated rings. The molecule has 7 heteroatoms. The Labute approximate surface area is 139 Å². The first-order chi connectivity index (χ1) is 9.71. The molecule has 1 N–H and O–H groups in total. The van der Waals surface area contributed by atoms with E-state index in [0.29, 0.717) is 11.5 Å². The lowest BCUT2D eigenvalue weighted by Crippen LogP contribution is -2.45. The van der Waals surface area contributed by atoms with Crippen LogP contribution in [0.3, 0.4) is 0 Å². The van der Waals surface area contributed by atoms with E-state index in [4.69, 9.17) is 9.47 Å². The predicted octanol–water partition coefficient (Wildman–Crippen LogP) is 2.80. The number of hydrogen-bond donors (Lipinski definition) is 1. The quantitative estimate of drug-likeness (QED) is 0.848. The maximum atomic E-state index is 13.6. The fourth-order valence-corrected chi connectivity index (χ4v) is 3.00. The summed E-state index contributed by atoms with van der Waals surface area (Å²) in [5.74, 6) is 1.37. The lowest BCUT2D eigenvalue weighted by atomic mass is 10.0. The molecule has 4 nitrogen and oxygen atoms in total. The SMILES string of the molecule is COc1cc([C@@H](CF)N2CCNCC2)c(OC)cc1Br.Cl. The van der Waals surface area contributed by atoms with Gasteiger partial charge in [-0.2, -0.15) is 0 Å². The number of benzene rings is 1. The summed E-state index contributed by atoms with van der Waals surface area (Å²) in [4.78, 5) is 2.14. The summed E-state index contributed by atoms with van der Waals surface area (Å²) in [5.41, 5.74) is 0.831. The minimum absolute atomic E-state index is 0. The van der Waals surface area contributed by atoms with Crippen LogP contribution in [0.5, 0.6) is 11.5 Å². The van der Waals surface area contributed by atoms with Gasteiger partial charge in [0.1, 0.15) is 18.2 Å². The third kappa shape index (κ3) is 4.22. The number of alkyl halides is 1. The molecule has 1 atom stereocenters. The number of nitrogens with one attached hydrogen (secondary N) is 1. The Morgan fingerprint density at radius 3 is 2.38 bits per heavy atom. The Morgan fingerprint density at radius 2 is 1.86 bits per heavy atom. The van der Waals surface area contributed by atoms with E-state index in [1.165, 1.54) is 0 Å². The summed E-state index contributed by atoms with van der Waals surface area (Å²) in [6, 6.07) is 3.39. The standard InChI is InChI=1S/C14H20BrFN2O2.ClH/c1-19-13-8-11(15)14(20-2)7-10(13)12(9-16)18-5-3-17-4-6-18;/h7-8,12,17H,3-6,9H2,1-2H3;1H/t12-;/m1./s1. The fraction of sp³-hybridized carbons (Fsp3) is 0.571. The first kappa shape index (κ1) is 18.5. The summed E-state index contributed by atoms with van der Waals surface area (Å²) in [6.45, 7) is 2.98. The van der Waals surface area contributed by atoms with E-state index in [9.17, 15) is 4.39 Å². The van der Waals surface area contributed by atoms with E-state index in [1.54, 1.807) is 14.2 Å². The van der Waals surface area contributed by atoms with Crippen LogP contribution in [0.2, 0.25) is 0 Å². The molecule has 0 saturated carbocycles. The van der Waals surface area contributed by atoms with Gasteiger partial charge in [-0.15, -0.1) is 12.4 Å². The highest BCUT2D eigenvalue weighted by molar-refractivity contribution is 9.10. The second-order valence-corrected chi connectivity index (χ2v) is 5.54. The molecule has 1 aromatic rings. The molecule has 1 aromatic carbocycles. The molecule has 0 amide bonds. The van der Waals surface area contributed by atoms with E-state index < -0.39 is 6.67 Å². The topological polar surface area (TPSA) is 33.7 Å². The number of halogens is 3. The highest BCUT2D eigenvalue weighted by atomic mass is 79.9. The summed E-state index contributed by atoms with van der Waals surface area (Å²) >= 11 is 3.43. The van der Waals surface area contributed by atoms with E-state index in [-0.39, 0.29) is 18.4 Å². The number of rotatable bonds is 5. The van der Waals surface area contributed by atoms with Gasteiger partial charge in [0.25, 0.3) is 0 Å². The molecule has 1 aliphatic rings. The maximum Gasteiger partial charge on any atom is 0.133 e. The molecule has 0 spiro atoms. The van der Waals surface area contributed by atoms with Gasteiger partial charge in [0, 0.05) is 31.7 Å². The van der Waals surface area contributed by atoms with Gasteiger partial charge in [0.05, 0.1) is 24.7 Å². The summed E-state index contributed by atoms with van der Waals surface area (Å²) in [7, 11) is 3.20. The van der Waals surface area contributed by atoms with Gasteiger partial charge >= 0.3 is 0 Å². The summed E-state index contributed by atoms with van der Waals surface area (Å²) in [5, 5.41) is 3.28. The van der Waals surface area contributed by atoms with E-state index in [2.05, 4.69) is 26.1 Å². The molecule has 0 aromatic heterocycles. The second kappa shape index (κ2) is 8.78. The van der Waals surface area contributed by atoms with Crippen molar-refractivity contribution in [2.45, 2.75) is 6.04 Å². The lowest BCUT2D eigenvalue weighted by molar-refractivity contribution is 0.145.